The van der Waals surface area contributed by atoms with Gasteiger partial charge in [0.1, 0.15) is 18.2 Å². The molecule has 2 aromatic rings. The SMILES string of the molecule is Br.CCCCCCC[N+]12CCC(CC1)[C@@H](OC(=O)N(Cc1ccc(C)s1)c1ccc(F)cc1F)C2. The second kappa shape index (κ2) is 12.6. The van der Waals surface area contributed by atoms with Crippen LogP contribution in [0.5, 0.6) is 0 Å². The summed E-state index contributed by atoms with van der Waals surface area (Å²) < 4.78 is 35.4. The van der Waals surface area contributed by atoms with Gasteiger partial charge in [-0.25, -0.2) is 13.6 Å². The van der Waals surface area contributed by atoms with Gasteiger partial charge in [0, 0.05) is 34.6 Å². The minimum atomic E-state index is -0.755. The third-order valence-corrected chi connectivity index (χ3v) is 8.55. The highest BCUT2D eigenvalue weighted by Crippen LogP contribution is 2.37. The van der Waals surface area contributed by atoms with Crippen LogP contribution in [0.3, 0.4) is 0 Å². The number of thiophene rings is 1. The van der Waals surface area contributed by atoms with Crippen LogP contribution < -0.4 is 4.90 Å². The van der Waals surface area contributed by atoms with E-state index in [0.29, 0.717) is 5.92 Å². The summed E-state index contributed by atoms with van der Waals surface area (Å²) in [7, 11) is 0. The number of quaternary nitrogens is 1. The molecular formula is C27H38BrF2N2O2S+. The standard InChI is InChI=1S/C27H37F2N2O2S.BrH/c1-3-4-5-6-7-14-31-15-12-21(13-16-31)26(19-31)33-27(32)30(18-23-10-8-20(2)34-23)25-11-9-22(28)17-24(25)29;/h8-11,17,21,26H,3-7,12-16,18-19H2,1-2H3;1H/q+1;/t21?,26-,31?;/m0./s1. The average Bonchev–Trinajstić information content (AvgIpc) is 3.23. The Balaban J connectivity index is 0.00000342. The van der Waals surface area contributed by atoms with Crippen LogP contribution >= 0.6 is 28.3 Å². The lowest BCUT2D eigenvalue weighted by Gasteiger charge is -2.52. The first kappa shape index (κ1) is 28.1. The maximum Gasteiger partial charge on any atom is 0.415 e. The predicted molar refractivity (Wildman–Crippen MR) is 143 cm³/mol. The Morgan fingerprint density at radius 1 is 1.11 bits per heavy atom. The van der Waals surface area contributed by atoms with Crippen LogP contribution in [0.2, 0.25) is 0 Å². The van der Waals surface area contributed by atoms with Crippen molar-refractivity contribution in [3.63, 3.8) is 0 Å². The number of aryl methyl sites for hydroxylation is 1. The lowest BCUT2D eigenvalue weighted by molar-refractivity contribution is -0.946. The molecule has 3 aliphatic heterocycles. The van der Waals surface area contributed by atoms with Crippen molar-refractivity contribution in [3.8, 4) is 0 Å². The Labute approximate surface area is 222 Å². The number of nitrogens with zero attached hydrogens (tertiary/aromatic N) is 2. The van der Waals surface area contributed by atoms with Gasteiger partial charge in [0.15, 0.2) is 6.10 Å². The molecule has 1 atom stereocenters. The van der Waals surface area contributed by atoms with E-state index in [4.69, 9.17) is 4.74 Å². The molecule has 1 amide bonds. The van der Waals surface area contributed by atoms with Gasteiger partial charge in [-0.2, -0.15) is 0 Å². The normalized spacial score (nSPS) is 23.1. The number of carbonyl (C=O) groups is 1. The lowest BCUT2D eigenvalue weighted by Crippen LogP contribution is -2.65. The fraction of sp³-hybridized carbons (Fsp3) is 0.593. The first-order chi connectivity index (χ1) is 16.4. The minimum absolute atomic E-state index is 0. The van der Waals surface area contributed by atoms with Crippen LogP contribution in [0.25, 0.3) is 0 Å². The summed E-state index contributed by atoms with van der Waals surface area (Å²) in [5.74, 6) is -1.05. The number of amides is 1. The number of fused-ring (bicyclic) bond motifs is 3. The minimum Gasteiger partial charge on any atom is -0.440 e. The number of piperidine rings is 3. The average molecular weight is 573 g/mol. The van der Waals surface area contributed by atoms with Crippen molar-refractivity contribution in [1.82, 2.24) is 0 Å². The van der Waals surface area contributed by atoms with E-state index in [1.165, 1.54) is 49.1 Å². The van der Waals surface area contributed by atoms with E-state index in [-0.39, 0.29) is 35.3 Å². The molecule has 1 aromatic heterocycles. The van der Waals surface area contributed by atoms with Gasteiger partial charge < -0.3 is 9.22 Å². The van der Waals surface area contributed by atoms with Crippen molar-refractivity contribution in [2.75, 3.05) is 31.1 Å². The topological polar surface area (TPSA) is 29.5 Å². The summed E-state index contributed by atoms with van der Waals surface area (Å²) in [6.45, 7) is 8.76. The Hall–Kier alpha value is -1.51. The Morgan fingerprint density at radius 3 is 2.51 bits per heavy atom. The molecular weight excluding hydrogens is 534 g/mol. The molecule has 35 heavy (non-hydrogen) atoms. The van der Waals surface area contributed by atoms with Crippen molar-refractivity contribution in [2.45, 2.75) is 71.4 Å². The van der Waals surface area contributed by atoms with Crippen LogP contribution in [-0.2, 0) is 11.3 Å². The van der Waals surface area contributed by atoms with Crippen LogP contribution in [-0.4, -0.2) is 42.9 Å². The molecule has 4 heterocycles. The number of hydrogen-bond acceptors (Lipinski definition) is 3. The highest BCUT2D eigenvalue weighted by atomic mass is 79.9. The van der Waals surface area contributed by atoms with E-state index >= 15 is 0 Å². The fourth-order valence-corrected chi connectivity index (χ4v) is 6.47. The second-order valence-electron chi connectivity index (χ2n) is 10.1. The van der Waals surface area contributed by atoms with Gasteiger partial charge in [-0.15, -0.1) is 28.3 Å². The van der Waals surface area contributed by atoms with Crippen LogP contribution in [0.4, 0.5) is 19.3 Å². The quantitative estimate of drug-likeness (QED) is 0.216. The number of rotatable bonds is 10. The van der Waals surface area contributed by atoms with Crippen molar-refractivity contribution in [1.29, 1.82) is 0 Å². The molecule has 0 spiro atoms. The Kier molecular flexibility index (Phi) is 10.1. The van der Waals surface area contributed by atoms with E-state index in [9.17, 15) is 13.6 Å². The first-order valence-corrected chi connectivity index (χ1v) is 13.5. The number of hydrogen-bond donors (Lipinski definition) is 0. The summed E-state index contributed by atoms with van der Waals surface area (Å²) in [4.78, 5) is 16.8. The zero-order valence-corrected chi connectivity index (χ0v) is 23.3. The third-order valence-electron chi connectivity index (χ3n) is 7.56. The molecule has 2 bridgehead atoms. The summed E-state index contributed by atoms with van der Waals surface area (Å²) in [5.41, 5.74) is 0.0542. The first-order valence-electron chi connectivity index (χ1n) is 12.7. The monoisotopic (exact) mass is 571 g/mol. The highest BCUT2D eigenvalue weighted by Gasteiger charge is 2.47. The zero-order chi connectivity index (χ0) is 24.1. The fourth-order valence-electron chi connectivity index (χ4n) is 5.59. The van der Waals surface area contributed by atoms with Crippen LogP contribution in [0, 0.1) is 24.5 Å². The van der Waals surface area contributed by atoms with Gasteiger partial charge in [-0.3, -0.25) is 4.90 Å². The number of carbonyl (C=O) groups excluding carboxylic acids is 1. The van der Waals surface area contributed by atoms with Gasteiger partial charge in [-0.1, -0.05) is 26.2 Å². The largest absolute Gasteiger partial charge is 0.440 e. The number of halogens is 3. The molecule has 0 N–H and O–H groups in total. The smallest absolute Gasteiger partial charge is 0.415 e. The summed E-state index contributed by atoms with van der Waals surface area (Å²) in [5, 5.41) is 0. The van der Waals surface area contributed by atoms with Crippen molar-refractivity contribution >= 4 is 40.1 Å². The van der Waals surface area contributed by atoms with E-state index in [2.05, 4.69) is 6.92 Å². The molecule has 3 fully saturated rings. The molecule has 5 rings (SSSR count). The van der Waals surface area contributed by atoms with Crippen LogP contribution in [0.15, 0.2) is 30.3 Å². The molecule has 3 aliphatic rings. The van der Waals surface area contributed by atoms with Crippen molar-refractivity contribution < 1.29 is 22.8 Å². The van der Waals surface area contributed by atoms with E-state index < -0.39 is 17.7 Å². The molecule has 3 saturated heterocycles. The molecule has 0 aliphatic carbocycles. The van der Waals surface area contributed by atoms with Crippen molar-refractivity contribution in [3.05, 3.63) is 51.7 Å². The lowest BCUT2D eigenvalue weighted by atomic mass is 9.83. The highest BCUT2D eigenvalue weighted by molar-refractivity contribution is 8.93. The summed E-state index contributed by atoms with van der Waals surface area (Å²) >= 11 is 1.56. The molecule has 4 nitrogen and oxygen atoms in total. The molecule has 0 radical (unpaired) electrons. The maximum atomic E-state index is 14.7. The number of unbranched alkanes of at least 4 members (excludes halogenated alkanes) is 4. The maximum absolute atomic E-state index is 14.7. The summed E-state index contributed by atoms with van der Waals surface area (Å²) in [6, 6.07) is 7.25. The van der Waals surface area contributed by atoms with Gasteiger partial charge >= 0.3 is 6.09 Å². The van der Waals surface area contributed by atoms with Crippen LogP contribution in [0.1, 0.15) is 61.6 Å². The number of anilines is 1. The van der Waals surface area contributed by atoms with E-state index in [0.717, 1.165) is 59.3 Å². The zero-order valence-electron chi connectivity index (χ0n) is 20.8. The van der Waals surface area contributed by atoms with Gasteiger partial charge in [0.25, 0.3) is 0 Å². The van der Waals surface area contributed by atoms with Gasteiger partial charge in [-0.05, 0) is 44.0 Å². The predicted octanol–water partition coefficient (Wildman–Crippen LogP) is 7.64. The molecule has 0 saturated carbocycles. The molecule has 0 unspecified atom stereocenters. The van der Waals surface area contributed by atoms with E-state index in [1.54, 1.807) is 11.3 Å². The Bertz CT molecular complexity index is 978. The summed E-state index contributed by atoms with van der Waals surface area (Å²) in [6.07, 6.45) is 7.76. The molecule has 1 aromatic carbocycles. The number of ether oxygens (including phenoxy) is 1. The van der Waals surface area contributed by atoms with Gasteiger partial charge in [0.05, 0.1) is 31.9 Å². The second-order valence-corrected chi connectivity index (χ2v) is 11.4. The number of benzene rings is 1. The van der Waals surface area contributed by atoms with Crippen molar-refractivity contribution in [2.24, 2.45) is 5.92 Å². The van der Waals surface area contributed by atoms with Gasteiger partial charge in [0.2, 0.25) is 0 Å². The van der Waals surface area contributed by atoms with E-state index in [1.807, 2.05) is 19.1 Å². The Morgan fingerprint density at radius 2 is 1.86 bits per heavy atom. The molecule has 8 heteroatoms. The molecule has 194 valence electrons. The third kappa shape index (κ3) is 7.04.